The predicted octanol–water partition coefficient (Wildman–Crippen LogP) is -0.942. The molecule has 0 bridgehead atoms. The maximum Gasteiger partial charge on any atom is 0.331 e. The van der Waals surface area contributed by atoms with Crippen molar-refractivity contribution in [2.24, 2.45) is 0 Å². The van der Waals surface area contributed by atoms with Gasteiger partial charge < -0.3 is 9.84 Å². The van der Waals surface area contributed by atoms with Gasteiger partial charge in [-0.1, -0.05) is 0 Å². The highest BCUT2D eigenvalue weighted by atomic mass is 32.2. The lowest BCUT2D eigenvalue weighted by Gasteiger charge is -1.98. The van der Waals surface area contributed by atoms with Gasteiger partial charge in [-0.05, 0) is 0 Å². The Labute approximate surface area is 79.7 Å². The average Bonchev–Trinajstić information content (AvgIpc) is 1.98. The molecule has 0 saturated heterocycles. The van der Waals surface area contributed by atoms with Crippen molar-refractivity contribution in [2.45, 2.75) is 0 Å². The van der Waals surface area contributed by atoms with E-state index in [0.29, 0.717) is 12.2 Å². The lowest BCUT2D eigenvalue weighted by atomic mass is 10.5. The summed E-state index contributed by atoms with van der Waals surface area (Å²) in [7, 11) is -4.17. The van der Waals surface area contributed by atoms with Crippen molar-refractivity contribution in [3.8, 4) is 0 Å². The molecule has 8 heteroatoms. The van der Waals surface area contributed by atoms with Gasteiger partial charge in [0.2, 0.25) is 0 Å². The van der Waals surface area contributed by atoms with Crippen LogP contribution in [0.15, 0.2) is 12.2 Å². The first-order valence-electron chi connectivity index (χ1n) is 3.34. The summed E-state index contributed by atoms with van der Waals surface area (Å²) < 4.78 is 32.7. The molecule has 14 heavy (non-hydrogen) atoms. The van der Waals surface area contributed by atoms with Gasteiger partial charge >= 0.3 is 11.9 Å². The summed E-state index contributed by atoms with van der Waals surface area (Å²) in [4.78, 5) is 20.5. The summed E-state index contributed by atoms with van der Waals surface area (Å²) in [6.07, 6.45) is 1.18. The fraction of sp³-hybridized carbons (Fsp3) is 0.333. The Morgan fingerprint density at radius 2 is 1.86 bits per heavy atom. The number of esters is 1. The molecule has 0 saturated carbocycles. The molecule has 0 atom stereocenters. The Morgan fingerprint density at radius 1 is 1.29 bits per heavy atom. The molecular weight excluding hydrogens is 216 g/mol. The van der Waals surface area contributed by atoms with E-state index in [0.717, 1.165) is 0 Å². The van der Waals surface area contributed by atoms with E-state index < -0.39 is 34.4 Å². The Hall–Kier alpha value is -1.41. The third kappa shape index (κ3) is 8.68. The van der Waals surface area contributed by atoms with E-state index in [1.807, 2.05) is 0 Å². The van der Waals surface area contributed by atoms with E-state index in [4.69, 9.17) is 9.66 Å². The van der Waals surface area contributed by atoms with Gasteiger partial charge in [0.05, 0.1) is 0 Å². The third-order valence-corrected chi connectivity index (χ3v) is 1.63. The van der Waals surface area contributed by atoms with E-state index in [9.17, 15) is 18.0 Å². The summed E-state index contributed by atoms with van der Waals surface area (Å²) in [6, 6.07) is 0. The molecule has 0 heterocycles. The number of carbonyl (C=O) groups is 2. The summed E-state index contributed by atoms with van der Waals surface area (Å²) in [6.45, 7) is -0.526. The second kappa shape index (κ2) is 5.35. The van der Waals surface area contributed by atoms with Crippen LogP contribution in [0.5, 0.6) is 0 Å². The van der Waals surface area contributed by atoms with Crippen LogP contribution in [-0.4, -0.2) is 42.4 Å². The fourth-order valence-corrected chi connectivity index (χ4v) is 0.729. The molecule has 0 fully saturated rings. The second-order valence-corrected chi connectivity index (χ2v) is 3.70. The molecule has 0 aliphatic carbocycles. The van der Waals surface area contributed by atoms with Crippen molar-refractivity contribution in [3.05, 3.63) is 12.2 Å². The van der Waals surface area contributed by atoms with Crippen LogP contribution in [-0.2, 0) is 24.4 Å². The van der Waals surface area contributed by atoms with Crippen molar-refractivity contribution < 1.29 is 32.4 Å². The zero-order valence-corrected chi connectivity index (χ0v) is 7.73. The molecule has 0 amide bonds. The Morgan fingerprint density at radius 3 is 2.29 bits per heavy atom. The SMILES string of the molecule is O=C(O)/C=C\C(=O)OCCS(=O)(=O)O. The van der Waals surface area contributed by atoms with E-state index in [1.165, 1.54) is 0 Å². The molecule has 0 radical (unpaired) electrons. The van der Waals surface area contributed by atoms with Gasteiger partial charge in [0, 0.05) is 12.2 Å². The van der Waals surface area contributed by atoms with Crippen molar-refractivity contribution in [3.63, 3.8) is 0 Å². The van der Waals surface area contributed by atoms with Crippen LogP contribution < -0.4 is 0 Å². The number of ether oxygens (including phenoxy) is 1. The molecule has 0 aromatic heterocycles. The normalized spacial score (nSPS) is 11.5. The van der Waals surface area contributed by atoms with Gasteiger partial charge in [0.25, 0.3) is 10.1 Å². The van der Waals surface area contributed by atoms with Crippen molar-refractivity contribution in [1.29, 1.82) is 0 Å². The predicted molar refractivity (Wildman–Crippen MR) is 44.2 cm³/mol. The minimum atomic E-state index is -4.17. The number of carboxylic acids is 1. The molecule has 0 rings (SSSR count). The molecule has 0 spiro atoms. The number of aliphatic carboxylic acids is 1. The number of hydrogen-bond donors (Lipinski definition) is 2. The lowest BCUT2D eigenvalue weighted by Crippen LogP contribution is -2.13. The summed E-state index contributed by atoms with van der Waals surface area (Å²) in [5.74, 6) is -3.03. The maximum atomic E-state index is 10.6. The molecule has 80 valence electrons. The van der Waals surface area contributed by atoms with Gasteiger partial charge in [-0.25, -0.2) is 9.59 Å². The van der Waals surface area contributed by atoms with Gasteiger partial charge in [0.1, 0.15) is 12.4 Å². The first-order chi connectivity index (χ1) is 6.31. The Kier molecular flexibility index (Phi) is 4.81. The average molecular weight is 224 g/mol. The summed E-state index contributed by atoms with van der Waals surface area (Å²) in [5, 5.41) is 8.09. The lowest BCUT2D eigenvalue weighted by molar-refractivity contribution is -0.138. The highest BCUT2D eigenvalue weighted by Crippen LogP contribution is 1.86. The molecule has 2 N–H and O–H groups in total. The Bertz CT molecular complexity index is 339. The van der Waals surface area contributed by atoms with Crippen LogP contribution >= 0.6 is 0 Å². The largest absolute Gasteiger partial charge is 0.478 e. The quantitative estimate of drug-likeness (QED) is 0.351. The minimum absolute atomic E-state index is 0.526. The van der Waals surface area contributed by atoms with Gasteiger partial charge in [-0.2, -0.15) is 8.42 Å². The number of rotatable bonds is 5. The second-order valence-electron chi connectivity index (χ2n) is 2.13. The molecule has 0 unspecified atom stereocenters. The smallest absolute Gasteiger partial charge is 0.331 e. The molecule has 0 aromatic rings. The number of carboxylic acid groups (broad SMARTS) is 1. The van der Waals surface area contributed by atoms with Crippen LogP contribution in [0.2, 0.25) is 0 Å². The van der Waals surface area contributed by atoms with Crippen molar-refractivity contribution >= 4 is 22.1 Å². The molecule has 0 aliphatic heterocycles. The highest BCUT2D eigenvalue weighted by molar-refractivity contribution is 7.85. The summed E-state index contributed by atoms with van der Waals surface area (Å²) >= 11 is 0. The first kappa shape index (κ1) is 12.6. The standard InChI is InChI=1S/C6H8O7S/c7-5(8)1-2-6(9)13-3-4-14(10,11)12/h1-2H,3-4H2,(H,7,8)(H,10,11,12)/b2-1-. The maximum absolute atomic E-state index is 10.6. The molecule has 0 aromatic carbocycles. The first-order valence-corrected chi connectivity index (χ1v) is 4.95. The third-order valence-electron chi connectivity index (χ3n) is 0.948. The number of carbonyl (C=O) groups excluding carboxylic acids is 1. The topological polar surface area (TPSA) is 118 Å². The molecule has 7 nitrogen and oxygen atoms in total. The van der Waals surface area contributed by atoms with Crippen LogP contribution in [0.4, 0.5) is 0 Å². The van der Waals surface area contributed by atoms with Gasteiger partial charge in [-0.15, -0.1) is 0 Å². The molecular formula is C6H8O7S. The highest BCUT2D eigenvalue weighted by Gasteiger charge is 2.05. The zero-order chi connectivity index (χ0) is 11.2. The van der Waals surface area contributed by atoms with Crippen LogP contribution in [0.25, 0.3) is 0 Å². The minimum Gasteiger partial charge on any atom is -0.478 e. The van der Waals surface area contributed by atoms with E-state index in [1.54, 1.807) is 0 Å². The van der Waals surface area contributed by atoms with Crippen molar-refractivity contribution in [2.75, 3.05) is 12.4 Å². The van der Waals surface area contributed by atoms with Crippen molar-refractivity contribution in [1.82, 2.24) is 0 Å². The van der Waals surface area contributed by atoms with Crippen LogP contribution in [0.1, 0.15) is 0 Å². The van der Waals surface area contributed by atoms with E-state index in [2.05, 4.69) is 4.74 Å². The van der Waals surface area contributed by atoms with Crippen LogP contribution in [0, 0.1) is 0 Å². The van der Waals surface area contributed by atoms with E-state index in [-0.39, 0.29) is 0 Å². The van der Waals surface area contributed by atoms with Gasteiger partial charge in [-0.3, -0.25) is 4.55 Å². The summed E-state index contributed by atoms with van der Waals surface area (Å²) in [5.41, 5.74) is 0. The van der Waals surface area contributed by atoms with Gasteiger partial charge in [0.15, 0.2) is 0 Å². The molecule has 0 aliphatic rings. The fourth-order valence-electron chi connectivity index (χ4n) is 0.435. The van der Waals surface area contributed by atoms with E-state index >= 15 is 0 Å². The van der Waals surface area contributed by atoms with Crippen LogP contribution in [0.3, 0.4) is 0 Å². The number of hydrogen-bond acceptors (Lipinski definition) is 5. The zero-order valence-electron chi connectivity index (χ0n) is 6.91. The monoisotopic (exact) mass is 224 g/mol. The Balaban J connectivity index is 3.82.